The fourth-order valence-electron chi connectivity index (χ4n) is 2.64. The van der Waals surface area contributed by atoms with Gasteiger partial charge in [0.2, 0.25) is 0 Å². The lowest BCUT2D eigenvalue weighted by atomic mass is 10.1. The summed E-state index contributed by atoms with van der Waals surface area (Å²) >= 11 is 1.05. The highest BCUT2D eigenvalue weighted by molar-refractivity contribution is 7.22. The van der Waals surface area contributed by atoms with Crippen molar-refractivity contribution < 1.29 is 31.9 Å². The number of rotatable bonds is 3. The van der Waals surface area contributed by atoms with Crippen molar-refractivity contribution in [1.82, 2.24) is 0 Å². The molecule has 0 aliphatic carbocycles. The van der Waals surface area contributed by atoms with Gasteiger partial charge in [0, 0.05) is 18.8 Å². The van der Waals surface area contributed by atoms with Gasteiger partial charge in [0.15, 0.2) is 5.58 Å². The van der Waals surface area contributed by atoms with Crippen LogP contribution in [0, 0.1) is 6.92 Å². The summed E-state index contributed by atoms with van der Waals surface area (Å²) in [6.45, 7) is 1.49. The van der Waals surface area contributed by atoms with Crippen molar-refractivity contribution in [2.75, 3.05) is 24.4 Å². The van der Waals surface area contributed by atoms with Crippen LogP contribution in [-0.2, 0) is 10.9 Å². The molecule has 1 aromatic carbocycles. The number of hydrogen-bond donors (Lipinski definition) is 1. The van der Waals surface area contributed by atoms with Gasteiger partial charge in [-0.1, -0.05) is 0 Å². The molecule has 1 N–H and O–H groups in total. The predicted molar refractivity (Wildman–Crippen MR) is 105 cm³/mol. The molecule has 3 aromatic rings. The quantitative estimate of drug-likeness (QED) is 0.600. The monoisotopic (exact) mass is 440 g/mol. The first-order valence-electron chi connectivity index (χ1n) is 8.39. The minimum absolute atomic E-state index is 0.0141. The predicted octanol–water partition coefficient (Wildman–Crippen LogP) is 4.64. The van der Waals surface area contributed by atoms with Crippen LogP contribution < -0.4 is 15.8 Å². The lowest BCUT2D eigenvalue weighted by Gasteiger charge is -2.17. The Kier molecular flexibility index (Phi) is 5.57. The van der Waals surface area contributed by atoms with E-state index >= 15 is 0 Å². The van der Waals surface area contributed by atoms with Crippen molar-refractivity contribution in [3.63, 3.8) is 0 Å². The van der Waals surface area contributed by atoms with Crippen LogP contribution >= 0.6 is 11.3 Å². The van der Waals surface area contributed by atoms with Crippen molar-refractivity contribution in [1.29, 1.82) is 0 Å². The molecule has 0 bridgehead atoms. The summed E-state index contributed by atoms with van der Waals surface area (Å²) in [5.74, 6) is -0.855. The summed E-state index contributed by atoms with van der Waals surface area (Å²) in [6.07, 6.45) is -4.54. The third-order valence-corrected chi connectivity index (χ3v) is 5.25. The Bertz CT molecular complexity index is 1200. The largest absolute Gasteiger partial charge is 0.465 e. The van der Waals surface area contributed by atoms with Crippen molar-refractivity contribution in [3.8, 4) is 0 Å². The van der Waals surface area contributed by atoms with E-state index < -0.39 is 29.4 Å². The van der Waals surface area contributed by atoms with Gasteiger partial charge in [-0.05, 0) is 36.8 Å². The fraction of sp³-hybridized carbons (Fsp3) is 0.211. The number of hydrogen-bond acceptors (Lipinski definition) is 6. The first-order valence-corrected chi connectivity index (χ1v) is 9.21. The maximum Gasteiger partial charge on any atom is 0.416 e. The molecule has 0 aliphatic rings. The van der Waals surface area contributed by atoms with Crippen LogP contribution in [-0.4, -0.2) is 26.2 Å². The average Bonchev–Trinajstić information content (AvgIpc) is 3.07. The lowest BCUT2D eigenvalue weighted by Crippen LogP contribution is -2.30. The molecule has 2 amide bonds. The summed E-state index contributed by atoms with van der Waals surface area (Å²) in [6, 6.07) is 5.24. The molecule has 0 fully saturated rings. The van der Waals surface area contributed by atoms with Crippen molar-refractivity contribution in [2.45, 2.75) is 13.1 Å². The number of esters is 1. The summed E-state index contributed by atoms with van der Waals surface area (Å²) in [4.78, 5) is 37.2. The number of thiophene rings is 1. The maximum absolute atomic E-state index is 13.0. The Labute approximate surface area is 171 Å². The van der Waals surface area contributed by atoms with E-state index in [9.17, 15) is 27.6 Å². The zero-order chi connectivity index (χ0) is 22.2. The number of alkyl halides is 3. The van der Waals surface area contributed by atoms with E-state index in [0.29, 0.717) is 15.3 Å². The number of ether oxygens (including phenoxy) is 1. The minimum atomic E-state index is -4.54. The molecule has 0 aliphatic heterocycles. The molecule has 0 unspecified atom stereocenters. The van der Waals surface area contributed by atoms with E-state index in [0.717, 1.165) is 35.5 Å². The van der Waals surface area contributed by atoms with Gasteiger partial charge in [0.25, 0.3) is 0 Å². The first-order chi connectivity index (χ1) is 14.0. The molecule has 3 rings (SSSR count). The molecule has 7 nitrogen and oxygen atoms in total. The SMILES string of the molecule is COC(=O)c1cc2sc(N(C)C(=O)Nc3cc(C)cc(C(F)(F)F)c3)cc2oc1=O. The van der Waals surface area contributed by atoms with Gasteiger partial charge in [-0.2, -0.15) is 13.2 Å². The number of urea groups is 1. The summed E-state index contributed by atoms with van der Waals surface area (Å²) < 4.78 is 49.0. The van der Waals surface area contributed by atoms with Crippen LogP contribution in [0.4, 0.5) is 28.7 Å². The highest BCUT2D eigenvalue weighted by Gasteiger charge is 2.31. The molecule has 2 heterocycles. The van der Waals surface area contributed by atoms with Gasteiger partial charge in [-0.25, -0.2) is 14.4 Å². The Morgan fingerprint density at radius 2 is 1.87 bits per heavy atom. The van der Waals surface area contributed by atoms with Crippen LogP contribution in [0.3, 0.4) is 0 Å². The van der Waals surface area contributed by atoms with E-state index in [2.05, 4.69) is 10.1 Å². The standard InChI is InChI=1S/C19H15F3N2O5S/c1-9-4-10(19(20,21)22)6-11(5-9)23-18(27)24(2)15-8-13-14(30-15)7-12(16(25)28-3)17(26)29-13/h4-8H,1-3H3,(H,23,27). The van der Waals surface area contributed by atoms with E-state index in [1.165, 1.54) is 32.2 Å². The van der Waals surface area contributed by atoms with Crippen molar-refractivity contribution >= 4 is 44.3 Å². The zero-order valence-corrected chi connectivity index (χ0v) is 16.7. The van der Waals surface area contributed by atoms with E-state index in [4.69, 9.17) is 4.42 Å². The van der Waals surface area contributed by atoms with Crippen molar-refractivity contribution in [3.05, 3.63) is 57.4 Å². The van der Waals surface area contributed by atoms with Gasteiger partial charge in [0.05, 0.1) is 17.4 Å². The lowest BCUT2D eigenvalue weighted by molar-refractivity contribution is -0.137. The average molecular weight is 440 g/mol. The van der Waals surface area contributed by atoms with Crippen LogP contribution in [0.1, 0.15) is 21.5 Å². The second kappa shape index (κ2) is 7.82. The first kappa shape index (κ1) is 21.4. The number of methoxy groups -OCH3 is 1. The third-order valence-electron chi connectivity index (χ3n) is 4.11. The Morgan fingerprint density at radius 1 is 1.17 bits per heavy atom. The number of anilines is 2. The molecule has 0 saturated heterocycles. The van der Waals surface area contributed by atoms with Gasteiger partial charge in [-0.3, -0.25) is 4.90 Å². The smallest absolute Gasteiger partial charge is 0.416 e. The number of benzene rings is 1. The Hall–Kier alpha value is -3.34. The molecule has 158 valence electrons. The fourth-order valence-corrected chi connectivity index (χ4v) is 3.63. The summed E-state index contributed by atoms with van der Waals surface area (Å²) in [5, 5.41) is 2.76. The van der Waals surface area contributed by atoms with Crippen LogP contribution in [0.25, 0.3) is 10.3 Å². The maximum atomic E-state index is 13.0. The molecule has 2 aromatic heterocycles. The van der Waals surface area contributed by atoms with Crippen molar-refractivity contribution in [2.24, 2.45) is 0 Å². The second-order valence-corrected chi connectivity index (χ2v) is 7.39. The highest BCUT2D eigenvalue weighted by Crippen LogP contribution is 2.34. The molecule has 0 spiro atoms. The van der Waals surface area contributed by atoms with Gasteiger partial charge in [0.1, 0.15) is 10.6 Å². The molecular weight excluding hydrogens is 425 g/mol. The number of amides is 2. The second-order valence-electron chi connectivity index (χ2n) is 6.33. The molecule has 11 heteroatoms. The topological polar surface area (TPSA) is 88.8 Å². The third kappa shape index (κ3) is 4.30. The Morgan fingerprint density at radius 3 is 2.50 bits per heavy atom. The molecule has 0 radical (unpaired) electrons. The van der Waals surface area contributed by atoms with E-state index in [1.54, 1.807) is 0 Å². The number of nitrogens with one attached hydrogen (secondary N) is 1. The van der Waals surface area contributed by atoms with E-state index in [1.807, 2.05) is 0 Å². The van der Waals surface area contributed by atoms with Gasteiger partial charge in [-0.15, -0.1) is 11.3 Å². The number of halogens is 3. The highest BCUT2D eigenvalue weighted by atomic mass is 32.1. The van der Waals surface area contributed by atoms with Crippen LogP contribution in [0.15, 0.2) is 39.5 Å². The van der Waals surface area contributed by atoms with E-state index in [-0.39, 0.29) is 16.8 Å². The molecule has 0 atom stereocenters. The minimum Gasteiger partial charge on any atom is -0.465 e. The van der Waals surface area contributed by atoms with Gasteiger partial charge < -0.3 is 14.5 Å². The summed E-state index contributed by atoms with van der Waals surface area (Å²) in [7, 11) is 2.53. The number of aryl methyl sites for hydroxylation is 1. The number of carbonyl (C=O) groups excluding carboxylic acids is 2. The van der Waals surface area contributed by atoms with Gasteiger partial charge >= 0.3 is 23.8 Å². The Balaban J connectivity index is 1.88. The molecule has 0 saturated carbocycles. The molecule has 30 heavy (non-hydrogen) atoms. The number of fused-ring (bicyclic) bond motifs is 1. The molecular formula is C19H15F3N2O5S. The number of nitrogens with zero attached hydrogens (tertiary/aromatic N) is 1. The number of carbonyl (C=O) groups is 2. The van der Waals surface area contributed by atoms with Crippen LogP contribution in [0.2, 0.25) is 0 Å². The normalized spacial score (nSPS) is 11.4. The van der Waals surface area contributed by atoms with Crippen LogP contribution in [0.5, 0.6) is 0 Å². The zero-order valence-electron chi connectivity index (χ0n) is 15.9. The summed E-state index contributed by atoms with van der Waals surface area (Å²) in [5.41, 5.74) is -1.57.